The Kier molecular flexibility index (Phi) is 4.42. The monoisotopic (exact) mass is 343 g/mol. The van der Waals surface area contributed by atoms with E-state index in [4.69, 9.17) is 0 Å². The number of anilines is 1. The first-order valence-corrected chi connectivity index (χ1v) is 9.23. The molecule has 2 aliphatic rings. The number of rotatable bonds is 3. The molecule has 0 bridgehead atoms. The van der Waals surface area contributed by atoms with Crippen LogP contribution in [-0.2, 0) is 6.54 Å². The van der Waals surface area contributed by atoms with Crippen molar-refractivity contribution < 1.29 is 4.79 Å². The van der Waals surface area contributed by atoms with Crippen molar-refractivity contribution in [2.24, 2.45) is 0 Å². The largest absolute Gasteiger partial charge is 0.328 e. The van der Waals surface area contributed by atoms with Crippen molar-refractivity contribution in [3.63, 3.8) is 0 Å². The van der Waals surface area contributed by atoms with Gasteiger partial charge in [0.2, 0.25) is 0 Å². The molecule has 8 heteroatoms. The van der Waals surface area contributed by atoms with Crippen LogP contribution in [0.15, 0.2) is 12.3 Å². The maximum absolute atomic E-state index is 12.5. The lowest BCUT2D eigenvalue weighted by molar-refractivity contribution is 0.243. The van der Waals surface area contributed by atoms with Gasteiger partial charge in [0.1, 0.15) is 17.5 Å². The molecule has 4 rings (SSSR count). The molecule has 2 aromatic rings. The fraction of sp³-hybridized carbons (Fsp3) is 0.647. The number of aromatic nitrogens is 5. The Morgan fingerprint density at radius 3 is 2.88 bits per heavy atom. The molecule has 1 atom stereocenters. The number of hydrogen-bond donors (Lipinski definition) is 2. The first-order chi connectivity index (χ1) is 12.2. The van der Waals surface area contributed by atoms with Gasteiger partial charge in [-0.1, -0.05) is 19.3 Å². The zero-order valence-electron chi connectivity index (χ0n) is 14.6. The maximum atomic E-state index is 12.5. The van der Waals surface area contributed by atoms with E-state index in [0.29, 0.717) is 6.04 Å². The minimum atomic E-state index is -0.211. The standard InChI is InChI=1S/C17H25N7O/c1-12-19-16-14(8-5-11-23(16)22-12)20-17(25)21-15-9-10-18-24(15)13-6-3-2-4-7-13/h9-10,13-14H,2-8,11H2,1H3,(H2,20,21,25)/t14-/m1/s1. The molecule has 25 heavy (non-hydrogen) atoms. The first kappa shape index (κ1) is 16.1. The summed E-state index contributed by atoms with van der Waals surface area (Å²) in [5.74, 6) is 2.36. The molecule has 2 aromatic heterocycles. The predicted octanol–water partition coefficient (Wildman–Crippen LogP) is 2.94. The topological polar surface area (TPSA) is 89.7 Å². The van der Waals surface area contributed by atoms with Gasteiger partial charge >= 0.3 is 6.03 Å². The number of urea groups is 1. The summed E-state index contributed by atoms with van der Waals surface area (Å²) >= 11 is 0. The summed E-state index contributed by atoms with van der Waals surface area (Å²) in [7, 11) is 0. The lowest BCUT2D eigenvalue weighted by atomic mass is 9.96. The lowest BCUT2D eigenvalue weighted by Crippen LogP contribution is -2.36. The fourth-order valence-electron chi connectivity index (χ4n) is 3.95. The third-order valence-corrected chi connectivity index (χ3v) is 5.12. The average Bonchev–Trinajstić information content (AvgIpc) is 3.22. The molecule has 2 N–H and O–H groups in total. The second kappa shape index (κ2) is 6.85. The smallest absolute Gasteiger partial charge is 0.320 e. The molecule has 0 radical (unpaired) electrons. The Balaban J connectivity index is 1.43. The van der Waals surface area contributed by atoms with Gasteiger partial charge in [0.15, 0.2) is 0 Å². The van der Waals surface area contributed by atoms with Gasteiger partial charge in [0.05, 0.1) is 18.3 Å². The van der Waals surface area contributed by atoms with Crippen LogP contribution in [0, 0.1) is 6.92 Å². The highest BCUT2D eigenvalue weighted by Crippen LogP contribution is 2.30. The summed E-state index contributed by atoms with van der Waals surface area (Å²) in [5, 5.41) is 14.8. The lowest BCUT2D eigenvalue weighted by Gasteiger charge is -2.25. The molecule has 8 nitrogen and oxygen atoms in total. The van der Waals surface area contributed by atoms with Gasteiger partial charge < -0.3 is 5.32 Å². The molecule has 2 amide bonds. The van der Waals surface area contributed by atoms with Crippen molar-refractivity contribution in [1.82, 2.24) is 29.9 Å². The predicted molar refractivity (Wildman–Crippen MR) is 93.2 cm³/mol. The fourth-order valence-corrected chi connectivity index (χ4v) is 3.95. The average molecular weight is 343 g/mol. The second-order valence-electron chi connectivity index (χ2n) is 6.99. The number of aryl methyl sites for hydroxylation is 2. The van der Waals surface area contributed by atoms with Gasteiger partial charge in [-0.05, 0) is 32.6 Å². The number of carbonyl (C=O) groups is 1. The van der Waals surface area contributed by atoms with Gasteiger partial charge in [0, 0.05) is 12.6 Å². The number of hydrogen-bond acceptors (Lipinski definition) is 4. The van der Waals surface area contributed by atoms with Crippen molar-refractivity contribution in [1.29, 1.82) is 0 Å². The van der Waals surface area contributed by atoms with E-state index < -0.39 is 0 Å². The molecular weight excluding hydrogens is 318 g/mol. The second-order valence-corrected chi connectivity index (χ2v) is 6.99. The molecule has 134 valence electrons. The van der Waals surface area contributed by atoms with Gasteiger partial charge in [-0.3, -0.25) is 5.32 Å². The molecule has 1 fully saturated rings. The number of fused-ring (bicyclic) bond motifs is 1. The van der Waals surface area contributed by atoms with E-state index in [0.717, 1.165) is 49.7 Å². The van der Waals surface area contributed by atoms with Crippen LogP contribution in [0.5, 0.6) is 0 Å². The van der Waals surface area contributed by atoms with E-state index in [2.05, 4.69) is 25.8 Å². The molecule has 1 aliphatic heterocycles. The minimum Gasteiger partial charge on any atom is -0.328 e. The van der Waals surface area contributed by atoms with Crippen LogP contribution >= 0.6 is 0 Å². The Morgan fingerprint density at radius 2 is 2.04 bits per heavy atom. The highest BCUT2D eigenvalue weighted by atomic mass is 16.2. The summed E-state index contributed by atoms with van der Waals surface area (Å²) in [6, 6.07) is 1.94. The van der Waals surface area contributed by atoms with Gasteiger partial charge in [-0.2, -0.15) is 10.2 Å². The molecule has 0 spiro atoms. The van der Waals surface area contributed by atoms with Crippen LogP contribution < -0.4 is 10.6 Å². The van der Waals surface area contributed by atoms with E-state index in [-0.39, 0.29) is 12.1 Å². The molecule has 0 aromatic carbocycles. The maximum Gasteiger partial charge on any atom is 0.320 e. The molecule has 0 saturated heterocycles. The van der Waals surface area contributed by atoms with Crippen LogP contribution in [0.1, 0.15) is 68.7 Å². The van der Waals surface area contributed by atoms with Crippen molar-refractivity contribution in [3.8, 4) is 0 Å². The Bertz CT molecular complexity index is 744. The Hall–Kier alpha value is -2.38. The van der Waals surface area contributed by atoms with E-state index in [1.807, 2.05) is 22.4 Å². The number of carbonyl (C=O) groups excluding carboxylic acids is 1. The van der Waals surface area contributed by atoms with Crippen LogP contribution in [0.25, 0.3) is 0 Å². The molecule has 3 heterocycles. The quantitative estimate of drug-likeness (QED) is 0.896. The van der Waals surface area contributed by atoms with Crippen LogP contribution in [-0.4, -0.2) is 30.6 Å². The zero-order valence-corrected chi connectivity index (χ0v) is 14.6. The third kappa shape index (κ3) is 3.38. The highest BCUT2D eigenvalue weighted by Gasteiger charge is 2.26. The summed E-state index contributed by atoms with van der Waals surface area (Å²) in [5.41, 5.74) is 0. The van der Waals surface area contributed by atoms with Crippen molar-refractivity contribution >= 4 is 11.8 Å². The van der Waals surface area contributed by atoms with Crippen LogP contribution in [0.3, 0.4) is 0 Å². The SMILES string of the molecule is Cc1nc2n(n1)CCC[C@H]2NC(=O)Nc1ccnn1C1CCCCC1. The molecule has 1 saturated carbocycles. The van der Waals surface area contributed by atoms with Crippen LogP contribution in [0.2, 0.25) is 0 Å². The highest BCUT2D eigenvalue weighted by molar-refractivity contribution is 5.88. The molecule has 0 unspecified atom stereocenters. The Labute approximate surface area is 147 Å². The number of nitrogens with zero attached hydrogens (tertiary/aromatic N) is 5. The first-order valence-electron chi connectivity index (χ1n) is 9.23. The van der Waals surface area contributed by atoms with Gasteiger partial charge in [0.25, 0.3) is 0 Å². The normalized spacial score (nSPS) is 20.9. The summed E-state index contributed by atoms with van der Waals surface area (Å²) in [4.78, 5) is 17.0. The van der Waals surface area contributed by atoms with Gasteiger partial charge in [-0.15, -0.1) is 0 Å². The molecule has 1 aliphatic carbocycles. The van der Waals surface area contributed by atoms with E-state index in [1.165, 1.54) is 19.3 Å². The van der Waals surface area contributed by atoms with Crippen molar-refractivity contribution in [2.45, 2.75) is 70.5 Å². The van der Waals surface area contributed by atoms with E-state index in [9.17, 15) is 4.79 Å². The van der Waals surface area contributed by atoms with E-state index in [1.54, 1.807) is 6.20 Å². The van der Waals surface area contributed by atoms with Crippen molar-refractivity contribution in [2.75, 3.05) is 5.32 Å². The summed E-state index contributed by atoms with van der Waals surface area (Å²) in [6.45, 7) is 2.75. The molecular formula is C17H25N7O. The summed E-state index contributed by atoms with van der Waals surface area (Å²) < 4.78 is 3.86. The summed E-state index contributed by atoms with van der Waals surface area (Å²) in [6.07, 6.45) is 9.63. The number of amides is 2. The zero-order chi connectivity index (χ0) is 17.2. The number of nitrogens with one attached hydrogen (secondary N) is 2. The van der Waals surface area contributed by atoms with E-state index >= 15 is 0 Å². The van der Waals surface area contributed by atoms with Crippen LogP contribution in [0.4, 0.5) is 10.6 Å². The third-order valence-electron chi connectivity index (χ3n) is 5.12. The van der Waals surface area contributed by atoms with Crippen molar-refractivity contribution in [3.05, 3.63) is 23.9 Å². The Morgan fingerprint density at radius 1 is 1.20 bits per heavy atom. The minimum absolute atomic E-state index is 0.0963. The van der Waals surface area contributed by atoms with Gasteiger partial charge in [-0.25, -0.2) is 19.1 Å².